The summed E-state index contributed by atoms with van der Waals surface area (Å²) in [6, 6.07) is 0.465. The van der Waals surface area contributed by atoms with Crippen LogP contribution in [0, 0.1) is 6.92 Å². The van der Waals surface area contributed by atoms with Crippen LogP contribution >= 0.6 is 0 Å². The molecule has 0 bridgehead atoms. The largest absolute Gasteiger partial charge is 0.336 e. The molecular formula is C12H21N3O. The highest BCUT2D eigenvalue weighted by atomic mass is 16.2. The Bertz CT molecular complexity index is 347. The number of rotatable bonds is 4. The minimum Gasteiger partial charge on any atom is -0.336 e. The first kappa shape index (κ1) is 12.7. The maximum absolute atomic E-state index is 12.1. The Labute approximate surface area is 97.3 Å². The van der Waals surface area contributed by atoms with E-state index in [-0.39, 0.29) is 18.0 Å². The maximum atomic E-state index is 12.1. The third kappa shape index (κ3) is 2.84. The molecule has 0 fully saturated rings. The molecule has 0 atom stereocenters. The van der Waals surface area contributed by atoms with Crippen LogP contribution in [0.3, 0.4) is 0 Å². The Kier molecular flexibility index (Phi) is 4.10. The van der Waals surface area contributed by atoms with E-state index in [4.69, 9.17) is 0 Å². The second-order valence-corrected chi connectivity index (χ2v) is 4.59. The van der Waals surface area contributed by atoms with Crippen molar-refractivity contribution in [2.45, 2.75) is 53.2 Å². The summed E-state index contributed by atoms with van der Waals surface area (Å²) in [5.74, 6) is 1.02. The number of nitrogens with zero attached hydrogens (tertiary/aromatic N) is 3. The van der Waals surface area contributed by atoms with Gasteiger partial charge in [-0.05, 0) is 34.6 Å². The number of imidazole rings is 1. The van der Waals surface area contributed by atoms with Crippen LogP contribution in [-0.4, -0.2) is 32.4 Å². The molecule has 0 aliphatic rings. The summed E-state index contributed by atoms with van der Waals surface area (Å²) in [6.45, 7) is 10.4. The quantitative estimate of drug-likeness (QED) is 0.781. The topological polar surface area (TPSA) is 38.1 Å². The van der Waals surface area contributed by atoms with E-state index < -0.39 is 0 Å². The van der Waals surface area contributed by atoms with Gasteiger partial charge >= 0.3 is 0 Å². The van der Waals surface area contributed by atoms with Gasteiger partial charge in [0.2, 0.25) is 5.91 Å². The molecule has 0 saturated carbocycles. The summed E-state index contributed by atoms with van der Waals surface area (Å²) in [7, 11) is 0. The second kappa shape index (κ2) is 5.14. The number of aryl methyl sites for hydroxylation is 1. The van der Waals surface area contributed by atoms with E-state index >= 15 is 0 Å². The van der Waals surface area contributed by atoms with Crippen LogP contribution in [0.15, 0.2) is 12.4 Å². The van der Waals surface area contributed by atoms with Crippen LogP contribution in [0.5, 0.6) is 0 Å². The highest BCUT2D eigenvalue weighted by molar-refractivity contribution is 5.76. The lowest BCUT2D eigenvalue weighted by atomic mass is 10.2. The first-order valence-electron chi connectivity index (χ1n) is 5.72. The van der Waals surface area contributed by atoms with Gasteiger partial charge in [0.15, 0.2) is 0 Å². The van der Waals surface area contributed by atoms with Gasteiger partial charge in [-0.3, -0.25) is 4.79 Å². The van der Waals surface area contributed by atoms with E-state index in [2.05, 4.69) is 4.98 Å². The van der Waals surface area contributed by atoms with Gasteiger partial charge in [-0.25, -0.2) is 4.98 Å². The minimum absolute atomic E-state index is 0.145. The zero-order chi connectivity index (χ0) is 12.3. The zero-order valence-electron chi connectivity index (χ0n) is 10.8. The third-order valence-electron chi connectivity index (χ3n) is 2.63. The van der Waals surface area contributed by atoms with Crippen molar-refractivity contribution in [3.8, 4) is 0 Å². The van der Waals surface area contributed by atoms with Crippen molar-refractivity contribution in [1.29, 1.82) is 0 Å². The van der Waals surface area contributed by atoms with Crippen LogP contribution in [0.1, 0.15) is 33.5 Å². The van der Waals surface area contributed by atoms with Gasteiger partial charge in [-0.1, -0.05) is 0 Å². The molecule has 0 spiro atoms. The Balaban J connectivity index is 2.74. The summed E-state index contributed by atoms with van der Waals surface area (Å²) in [6.07, 6.45) is 3.56. The Hall–Kier alpha value is -1.32. The second-order valence-electron chi connectivity index (χ2n) is 4.59. The van der Waals surface area contributed by atoms with Gasteiger partial charge in [0.1, 0.15) is 12.4 Å². The SMILES string of the molecule is Cc1nccn1CC(=O)N(C(C)C)C(C)C. The fourth-order valence-electron chi connectivity index (χ4n) is 1.97. The molecule has 0 unspecified atom stereocenters. The molecule has 0 aliphatic carbocycles. The van der Waals surface area contributed by atoms with Crippen molar-refractivity contribution in [3.63, 3.8) is 0 Å². The zero-order valence-corrected chi connectivity index (χ0v) is 10.8. The lowest BCUT2D eigenvalue weighted by Crippen LogP contribution is -2.43. The Morgan fingerprint density at radius 3 is 2.31 bits per heavy atom. The number of aromatic nitrogens is 2. The number of carbonyl (C=O) groups excluding carboxylic acids is 1. The van der Waals surface area contributed by atoms with Crippen LogP contribution in [0.4, 0.5) is 0 Å². The van der Waals surface area contributed by atoms with Crippen molar-refractivity contribution in [1.82, 2.24) is 14.5 Å². The summed E-state index contributed by atoms with van der Waals surface area (Å²) in [5, 5.41) is 0. The predicted octanol–water partition coefficient (Wildman–Crippen LogP) is 1.84. The molecule has 1 aromatic heterocycles. The van der Waals surface area contributed by atoms with Crippen LogP contribution in [0.2, 0.25) is 0 Å². The molecule has 1 heterocycles. The van der Waals surface area contributed by atoms with Crippen molar-refractivity contribution in [2.24, 2.45) is 0 Å². The fourth-order valence-corrected chi connectivity index (χ4v) is 1.97. The number of amides is 1. The molecule has 0 N–H and O–H groups in total. The smallest absolute Gasteiger partial charge is 0.243 e. The third-order valence-corrected chi connectivity index (χ3v) is 2.63. The minimum atomic E-state index is 0.145. The molecule has 1 rings (SSSR count). The van der Waals surface area contributed by atoms with Crippen molar-refractivity contribution >= 4 is 5.91 Å². The fraction of sp³-hybridized carbons (Fsp3) is 0.667. The first-order valence-corrected chi connectivity index (χ1v) is 5.72. The molecule has 0 aliphatic heterocycles. The van der Waals surface area contributed by atoms with E-state index in [9.17, 15) is 4.79 Å². The Morgan fingerprint density at radius 1 is 1.38 bits per heavy atom. The summed E-state index contributed by atoms with van der Waals surface area (Å²) < 4.78 is 1.88. The predicted molar refractivity (Wildman–Crippen MR) is 64.1 cm³/mol. The lowest BCUT2D eigenvalue weighted by molar-refractivity contribution is -0.135. The van der Waals surface area contributed by atoms with E-state index in [1.165, 1.54) is 0 Å². The summed E-state index contributed by atoms with van der Waals surface area (Å²) in [4.78, 5) is 18.1. The van der Waals surface area contributed by atoms with Gasteiger partial charge < -0.3 is 9.47 Å². The number of hydrogen-bond donors (Lipinski definition) is 0. The molecule has 16 heavy (non-hydrogen) atoms. The highest BCUT2D eigenvalue weighted by Gasteiger charge is 2.20. The van der Waals surface area contributed by atoms with Crippen molar-refractivity contribution < 1.29 is 4.79 Å². The van der Waals surface area contributed by atoms with Crippen LogP contribution in [0.25, 0.3) is 0 Å². The van der Waals surface area contributed by atoms with Gasteiger partial charge in [0, 0.05) is 24.5 Å². The van der Waals surface area contributed by atoms with Crippen molar-refractivity contribution in [2.75, 3.05) is 0 Å². The highest BCUT2D eigenvalue weighted by Crippen LogP contribution is 2.07. The van der Waals surface area contributed by atoms with Crippen LogP contribution < -0.4 is 0 Å². The standard InChI is InChI=1S/C12H21N3O/c1-9(2)15(10(3)4)12(16)8-14-7-6-13-11(14)5/h6-7,9-10H,8H2,1-5H3. The first-order chi connectivity index (χ1) is 7.43. The maximum Gasteiger partial charge on any atom is 0.243 e. The molecule has 0 saturated heterocycles. The van der Waals surface area contributed by atoms with E-state index in [0.29, 0.717) is 6.54 Å². The monoisotopic (exact) mass is 223 g/mol. The molecule has 1 aromatic rings. The molecule has 0 aromatic carbocycles. The van der Waals surface area contributed by atoms with E-state index in [0.717, 1.165) is 5.82 Å². The summed E-state index contributed by atoms with van der Waals surface area (Å²) in [5.41, 5.74) is 0. The normalized spacial score (nSPS) is 11.2. The lowest BCUT2D eigenvalue weighted by Gasteiger charge is -2.31. The number of carbonyl (C=O) groups is 1. The molecule has 1 amide bonds. The average molecular weight is 223 g/mol. The molecule has 0 radical (unpaired) electrons. The molecule has 4 heteroatoms. The van der Waals surface area contributed by atoms with Gasteiger partial charge in [0.25, 0.3) is 0 Å². The summed E-state index contributed by atoms with van der Waals surface area (Å²) >= 11 is 0. The van der Waals surface area contributed by atoms with Gasteiger partial charge in [0.05, 0.1) is 0 Å². The molecular weight excluding hydrogens is 202 g/mol. The average Bonchev–Trinajstić information content (AvgIpc) is 2.50. The molecule has 90 valence electrons. The Morgan fingerprint density at radius 2 is 1.94 bits per heavy atom. The van der Waals surface area contributed by atoms with Crippen molar-refractivity contribution in [3.05, 3.63) is 18.2 Å². The van der Waals surface area contributed by atoms with E-state index in [1.807, 2.05) is 50.3 Å². The van der Waals surface area contributed by atoms with Gasteiger partial charge in [-0.2, -0.15) is 0 Å². The van der Waals surface area contributed by atoms with Crippen LogP contribution in [-0.2, 0) is 11.3 Å². The van der Waals surface area contributed by atoms with Gasteiger partial charge in [-0.15, -0.1) is 0 Å². The molecule has 4 nitrogen and oxygen atoms in total. The van der Waals surface area contributed by atoms with E-state index in [1.54, 1.807) is 6.20 Å². The number of hydrogen-bond acceptors (Lipinski definition) is 2.